The van der Waals surface area contributed by atoms with Crippen molar-refractivity contribution in [2.45, 2.75) is 63.6 Å². The van der Waals surface area contributed by atoms with E-state index in [4.69, 9.17) is 33.9 Å². The van der Waals surface area contributed by atoms with Crippen LogP contribution in [0.2, 0.25) is 10.0 Å². The number of pyridine rings is 2. The molecule has 3 aromatic rings. The number of ketones is 1. The van der Waals surface area contributed by atoms with Gasteiger partial charge in [-0.3, -0.25) is 19.5 Å². The molecule has 0 radical (unpaired) electrons. The van der Waals surface area contributed by atoms with Crippen LogP contribution in [0.5, 0.6) is 5.75 Å². The predicted octanol–water partition coefficient (Wildman–Crippen LogP) is 5.18. The molecule has 3 heterocycles. The second-order valence-corrected chi connectivity index (χ2v) is 10.7. The number of hydrogen-bond donors (Lipinski definition) is 3. The lowest BCUT2D eigenvalue weighted by Crippen LogP contribution is -2.48. The fraction of sp³-hybridized carbons (Fsp3) is 0.407. The van der Waals surface area contributed by atoms with Crippen molar-refractivity contribution in [3.8, 4) is 17.0 Å². The van der Waals surface area contributed by atoms with Gasteiger partial charge in [0.1, 0.15) is 5.52 Å². The van der Waals surface area contributed by atoms with Crippen molar-refractivity contribution in [2.75, 3.05) is 11.9 Å². The number of hydrogen-bond acceptors (Lipinski definition) is 7. The molecule has 1 saturated carbocycles. The van der Waals surface area contributed by atoms with Crippen molar-refractivity contribution < 1.29 is 14.7 Å². The largest absolute Gasteiger partial charge is 0.505 e. The van der Waals surface area contributed by atoms with E-state index in [0.717, 1.165) is 45.1 Å². The zero-order chi connectivity index (χ0) is 26.3. The summed E-state index contributed by atoms with van der Waals surface area (Å²) < 4.78 is 0. The van der Waals surface area contributed by atoms with Crippen LogP contribution < -0.4 is 11.1 Å². The van der Waals surface area contributed by atoms with E-state index < -0.39 is 0 Å². The second kappa shape index (κ2) is 10.4. The van der Waals surface area contributed by atoms with E-state index in [-0.39, 0.29) is 39.6 Å². The molecule has 1 aliphatic heterocycles. The fourth-order valence-electron chi connectivity index (χ4n) is 5.64. The van der Waals surface area contributed by atoms with Gasteiger partial charge >= 0.3 is 0 Å². The number of rotatable bonds is 6. The van der Waals surface area contributed by atoms with Gasteiger partial charge in [-0.1, -0.05) is 23.2 Å². The zero-order valence-electron chi connectivity index (χ0n) is 20.5. The molecule has 1 atom stereocenters. The number of nitrogens with one attached hydrogen (secondary N) is 1. The molecule has 8 nitrogen and oxygen atoms in total. The Kier molecular flexibility index (Phi) is 7.25. The quantitative estimate of drug-likeness (QED) is 0.367. The summed E-state index contributed by atoms with van der Waals surface area (Å²) >= 11 is 12.3. The first kappa shape index (κ1) is 25.7. The highest BCUT2D eigenvalue weighted by molar-refractivity contribution is 6.37. The van der Waals surface area contributed by atoms with Crippen LogP contribution >= 0.6 is 23.2 Å². The molecule has 2 fully saturated rings. The highest BCUT2D eigenvalue weighted by Gasteiger charge is 2.36. The number of Topliss-reactive ketones (excluding diaryl/α,β-unsaturated/α-hetero) is 1. The molecule has 1 saturated heterocycles. The third kappa shape index (κ3) is 5.10. The number of carbonyl (C=O) groups excluding carboxylic acids is 2. The molecule has 1 amide bonds. The van der Waals surface area contributed by atoms with E-state index in [9.17, 15) is 14.7 Å². The molecule has 1 unspecified atom stereocenters. The third-order valence-corrected chi connectivity index (χ3v) is 8.12. The Hall–Kier alpha value is -2.94. The van der Waals surface area contributed by atoms with Gasteiger partial charge < -0.3 is 16.2 Å². The summed E-state index contributed by atoms with van der Waals surface area (Å²) in [5.74, 6) is -0.512. The molecular formula is C27H29Cl2N5O3. The first-order valence-electron chi connectivity index (χ1n) is 12.5. The van der Waals surface area contributed by atoms with Crippen molar-refractivity contribution >= 4 is 51.6 Å². The molecular weight excluding hydrogens is 513 g/mol. The maximum absolute atomic E-state index is 12.5. The average molecular weight is 542 g/mol. The summed E-state index contributed by atoms with van der Waals surface area (Å²) in [5, 5.41) is 13.8. The van der Waals surface area contributed by atoms with Crippen LogP contribution in [0.15, 0.2) is 30.5 Å². The number of carbonyl (C=O) groups is 2. The third-order valence-electron chi connectivity index (χ3n) is 7.54. The van der Waals surface area contributed by atoms with Gasteiger partial charge in [-0.25, -0.2) is 4.98 Å². The number of amides is 1. The van der Waals surface area contributed by atoms with Crippen molar-refractivity contribution in [1.29, 1.82) is 0 Å². The highest BCUT2D eigenvalue weighted by atomic mass is 35.5. The summed E-state index contributed by atoms with van der Waals surface area (Å²) in [7, 11) is 0. The van der Waals surface area contributed by atoms with E-state index in [1.54, 1.807) is 18.3 Å². The number of aromatic nitrogens is 2. The number of anilines is 1. The van der Waals surface area contributed by atoms with Crippen molar-refractivity contribution in [3.05, 3.63) is 46.1 Å². The van der Waals surface area contributed by atoms with E-state index in [0.29, 0.717) is 39.6 Å². The zero-order valence-corrected chi connectivity index (χ0v) is 22.0. The number of fused-ring (bicyclic) bond motifs is 1. The van der Waals surface area contributed by atoms with Crippen LogP contribution in [0.1, 0.15) is 55.8 Å². The number of primary amides is 1. The first-order chi connectivity index (χ1) is 17.7. The number of likely N-dealkylation sites (tertiary alicyclic amines) is 1. The Labute approximate surface area is 225 Å². The minimum Gasteiger partial charge on any atom is -0.505 e. The molecule has 0 spiro atoms. The molecule has 10 heteroatoms. The van der Waals surface area contributed by atoms with Gasteiger partial charge in [-0.05, 0) is 76.3 Å². The van der Waals surface area contributed by atoms with Crippen LogP contribution in [0.25, 0.3) is 22.3 Å². The Morgan fingerprint density at radius 2 is 1.81 bits per heavy atom. The number of nitrogens with zero attached hydrogens (tertiary/aromatic N) is 3. The number of halogens is 2. The van der Waals surface area contributed by atoms with Gasteiger partial charge in [-0.2, -0.15) is 0 Å². The van der Waals surface area contributed by atoms with Crippen molar-refractivity contribution in [3.63, 3.8) is 0 Å². The van der Waals surface area contributed by atoms with Gasteiger partial charge in [-0.15, -0.1) is 0 Å². The molecule has 1 aromatic carbocycles. The number of phenols is 1. The lowest BCUT2D eigenvalue weighted by Gasteiger charge is -2.37. The van der Waals surface area contributed by atoms with E-state index >= 15 is 0 Å². The van der Waals surface area contributed by atoms with Gasteiger partial charge in [0.05, 0.1) is 38.5 Å². The van der Waals surface area contributed by atoms with E-state index in [2.05, 4.69) is 15.2 Å². The number of phenolic OH excluding ortho intramolecular Hbond substituents is 1. The summed E-state index contributed by atoms with van der Waals surface area (Å²) in [5.41, 5.74) is 9.25. The molecule has 5 rings (SSSR count). The Morgan fingerprint density at radius 1 is 1.11 bits per heavy atom. The molecule has 37 heavy (non-hydrogen) atoms. The summed E-state index contributed by atoms with van der Waals surface area (Å²) in [6.07, 6.45) is 7.13. The van der Waals surface area contributed by atoms with Gasteiger partial charge in [0.25, 0.3) is 0 Å². The number of aromatic hydroxyl groups is 1. The maximum Gasteiger partial charge on any atom is 0.234 e. The second-order valence-electron chi connectivity index (χ2n) is 9.90. The smallest absolute Gasteiger partial charge is 0.234 e. The molecule has 1 aliphatic carbocycles. The molecule has 2 aromatic heterocycles. The average Bonchev–Trinajstić information content (AvgIpc) is 3.38. The van der Waals surface area contributed by atoms with Crippen LogP contribution in [0.4, 0.5) is 5.69 Å². The first-order valence-corrected chi connectivity index (χ1v) is 13.3. The monoisotopic (exact) mass is 541 g/mol. The highest BCUT2D eigenvalue weighted by Crippen LogP contribution is 2.37. The summed E-state index contributed by atoms with van der Waals surface area (Å²) in [6, 6.07) is 7.19. The number of benzene rings is 1. The van der Waals surface area contributed by atoms with Crippen LogP contribution in [-0.4, -0.2) is 56.3 Å². The van der Waals surface area contributed by atoms with Crippen LogP contribution in [-0.2, 0) is 4.79 Å². The molecule has 194 valence electrons. The normalized spacial score (nSPS) is 22.3. The predicted molar refractivity (Wildman–Crippen MR) is 145 cm³/mol. The molecule has 2 aliphatic rings. The lowest BCUT2D eigenvalue weighted by atomic mass is 9.89. The minimum atomic E-state index is -0.231. The Morgan fingerprint density at radius 3 is 2.46 bits per heavy atom. The van der Waals surface area contributed by atoms with Gasteiger partial charge in [0.2, 0.25) is 5.91 Å². The topological polar surface area (TPSA) is 121 Å². The van der Waals surface area contributed by atoms with Crippen LogP contribution in [0, 0.1) is 0 Å². The van der Waals surface area contributed by atoms with Gasteiger partial charge in [0, 0.05) is 23.8 Å². The standard InChI is InChI=1S/C27H29Cl2N5O3/c1-14(35)18-13-31-22-9-8-21(15-11-19(28)26(36)20(29)12-15)33-25(22)24(18)32-16-4-6-17(7-5-16)34-10-2-3-23(34)27(30)37/h8-9,11-13,16-17,23,36H,2-7,10H2,1H3,(H2,30,37)(H,31,32). The maximum atomic E-state index is 12.5. The number of nitrogens with two attached hydrogens (primary N) is 1. The van der Waals surface area contributed by atoms with Crippen molar-refractivity contribution in [1.82, 2.24) is 14.9 Å². The van der Waals surface area contributed by atoms with E-state index in [1.807, 2.05) is 12.1 Å². The SMILES string of the molecule is CC(=O)c1cnc2ccc(-c3cc(Cl)c(O)c(Cl)c3)nc2c1NC1CCC(N2CCCC2C(N)=O)CC1. The van der Waals surface area contributed by atoms with Gasteiger partial charge in [0.15, 0.2) is 11.5 Å². The molecule has 0 bridgehead atoms. The Bertz CT molecular complexity index is 1350. The molecule has 4 N–H and O–H groups in total. The summed E-state index contributed by atoms with van der Waals surface area (Å²) in [4.78, 5) is 36.0. The fourth-order valence-corrected chi connectivity index (χ4v) is 6.13. The minimum absolute atomic E-state index is 0.102. The lowest BCUT2D eigenvalue weighted by molar-refractivity contribution is -0.123. The van der Waals surface area contributed by atoms with Crippen molar-refractivity contribution in [2.24, 2.45) is 5.73 Å². The van der Waals surface area contributed by atoms with Crippen LogP contribution in [0.3, 0.4) is 0 Å². The summed E-state index contributed by atoms with van der Waals surface area (Å²) in [6.45, 7) is 2.43. The Balaban J connectivity index is 1.43. The van der Waals surface area contributed by atoms with E-state index in [1.165, 1.54) is 6.92 Å².